The first-order valence-corrected chi connectivity index (χ1v) is 8.66. The van der Waals surface area contributed by atoms with Crippen LogP contribution in [0.15, 0.2) is 48.7 Å². The Morgan fingerprint density at radius 3 is 2.62 bits per heavy atom. The van der Waals surface area contributed by atoms with Gasteiger partial charge in [0.2, 0.25) is 11.8 Å². The maximum Gasteiger partial charge on any atom is 0.229 e. The van der Waals surface area contributed by atoms with Crippen molar-refractivity contribution in [1.29, 1.82) is 0 Å². The van der Waals surface area contributed by atoms with Crippen LogP contribution >= 0.6 is 0 Å². The topological polar surface area (TPSA) is 79.9 Å². The SMILES string of the molecule is COc1ccc(-c2ccc(CC(=O)Nc3cc(C4CC4)[nH]n3)cc2)cn1. The third kappa shape index (κ3) is 3.74. The van der Waals surface area contributed by atoms with Crippen molar-refractivity contribution in [3.05, 3.63) is 59.9 Å². The highest BCUT2D eigenvalue weighted by Gasteiger charge is 2.25. The first-order chi connectivity index (χ1) is 12.7. The third-order valence-electron chi connectivity index (χ3n) is 4.48. The van der Waals surface area contributed by atoms with Gasteiger partial charge in [0.25, 0.3) is 0 Å². The van der Waals surface area contributed by atoms with Crippen LogP contribution in [-0.4, -0.2) is 28.2 Å². The van der Waals surface area contributed by atoms with Gasteiger partial charge in [-0.15, -0.1) is 0 Å². The molecule has 2 N–H and O–H groups in total. The molecule has 1 aromatic carbocycles. The summed E-state index contributed by atoms with van der Waals surface area (Å²) in [5.74, 6) is 1.70. The average Bonchev–Trinajstić information content (AvgIpc) is 3.42. The minimum Gasteiger partial charge on any atom is -0.481 e. The molecule has 1 fully saturated rings. The second-order valence-electron chi connectivity index (χ2n) is 6.49. The Balaban J connectivity index is 1.37. The monoisotopic (exact) mass is 348 g/mol. The van der Waals surface area contributed by atoms with Gasteiger partial charge in [0.05, 0.1) is 13.5 Å². The zero-order chi connectivity index (χ0) is 17.9. The van der Waals surface area contributed by atoms with E-state index in [1.807, 2.05) is 42.5 Å². The van der Waals surface area contributed by atoms with Crippen molar-refractivity contribution in [2.24, 2.45) is 0 Å². The van der Waals surface area contributed by atoms with E-state index in [0.717, 1.165) is 22.4 Å². The van der Waals surface area contributed by atoms with Gasteiger partial charge in [-0.1, -0.05) is 24.3 Å². The molecule has 2 heterocycles. The Labute approximate surface area is 151 Å². The fourth-order valence-electron chi connectivity index (χ4n) is 2.86. The lowest BCUT2D eigenvalue weighted by molar-refractivity contribution is -0.115. The first kappa shape index (κ1) is 16.3. The number of carbonyl (C=O) groups is 1. The molecule has 1 aliphatic rings. The van der Waals surface area contributed by atoms with Crippen molar-refractivity contribution >= 4 is 11.7 Å². The molecule has 6 heteroatoms. The molecule has 0 aliphatic heterocycles. The quantitative estimate of drug-likeness (QED) is 0.714. The number of carbonyl (C=O) groups excluding carboxylic acids is 1. The van der Waals surface area contributed by atoms with Gasteiger partial charge in [-0.2, -0.15) is 5.10 Å². The number of aromatic nitrogens is 3. The molecular weight excluding hydrogens is 328 g/mol. The van der Waals surface area contributed by atoms with Crippen LogP contribution in [0.2, 0.25) is 0 Å². The van der Waals surface area contributed by atoms with E-state index in [4.69, 9.17) is 4.74 Å². The van der Waals surface area contributed by atoms with E-state index in [2.05, 4.69) is 20.5 Å². The minimum atomic E-state index is -0.0716. The van der Waals surface area contributed by atoms with E-state index < -0.39 is 0 Å². The van der Waals surface area contributed by atoms with E-state index >= 15 is 0 Å². The van der Waals surface area contributed by atoms with E-state index in [9.17, 15) is 4.79 Å². The summed E-state index contributed by atoms with van der Waals surface area (Å²) in [6.07, 6.45) is 4.49. The fourth-order valence-corrected chi connectivity index (χ4v) is 2.86. The summed E-state index contributed by atoms with van der Waals surface area (Å²) in [5, 5.41) is 9.99. The Bertz CT molecular complexity index is 896. The number of rotatable bonds is 6. The molecule has 0 spiro atoms. The van der Waals surface area contributed by atoms with Gasteiger partial charge in [0, 0.05) is 35.5 Å². The van der Waals surface area contributed by atoms with Crippen LogP contribution in [0.3, 0.4) is 0 Å². The zero-order valence-corrected chi connectivity index (χ0v) is 14.5. The van der Waals surface area contributed by atoms with Crippen molar-refractivity contribution in [2.45, 2.75) is 25.2 Å². The van der Waals surface area contributed by atoms with Crippen molar-refractivity contribution < 1.29 is 9.53 Å². The first-order valence-electron chi connectivity index (χ1n) is 8.66. The van der Waals surface area contributed by atoms with Crippen molar-refractivity contribution in [3.63, 3.8) is 0 Å². The van der Waals surface area contributed by atoms with Crippen LogP contribution in [0.5, 0.6) is 5.88 Å². The van der Waals surface area contributed by atoms with Crippen LogP contribution in [-0.2, 0) is 11.2 Å². The average molecular weight is 348 g/mol. The number of hydrogen-bond donors (Lipinski definition) is 2. The summed E-state index contributed by atoms with van der Waals surface area (Å²) in [7, 11) is 1.59. The molecule has 6 nitrogen and oxygen atoms in total. The molecule has 4 rings (SSSR count). The largest absolute Gasteiger partial charge is 0.481 e. The highest BCUT2D eigenvalue weighted by Crippen LogP contribution is 2.39. The maximum absolute atomic E-state index is 12.2. The molecule has 0 unspecified atom stereocenters. The van der Waals surface area contributed by atoms with Crippen molar-refractivity contribution in [3.8, 4) is 17.0 Å². The van der Waals surface area contributed by atoms with Crippen LogP contribution in [0.4, 0.5) is 5.82 Å². The normalized spacial score (nSPS) is 13.4. The number of benzene rings is 1. The van der Waals surface area contributed by atoms with Gasteiger partial charge >= 0.3 is 0 Å². The predicted molar refractivity (Wildman–Crippen MR) is 99.1 cm³/mol. The smallest absolute Gasteiger partial charge is 0.229 e. The third-order valence-corrected chi connectivity index (χ3v) is 4.48. The summed E-state index contributed by atoms with van der Waals surface area (Å²) in [6.45, 7) is 0. The highest BCUT2D eigenvalue weighted by molar-refractivity contribution is 5.91. The number of amides is 1. The van der Waals surface area contributed by atoms with Crippen LogP contribution in [0.1, 0.15) is 30.0 Å². The molecule has 3 aromatic rings. The Morgan fingerprint density at radius 1 is 1.19 bits per heavy atom. The number of pyridine rings is 1. The van der Waals surface area contributed by atoms with Gasteiger partial charge in [-0.25, -0.2) is 4.98 Å². The highest BCUT2D eigenvalue weighted by atomic mass is 16.5. The summed E-state index contributed by atoms with van der Waals surface area (Å²) < 4.78 is 5.07. The number of hydrogen-bond acceptors (Lipinski definition) is 4. The summed E-state index contributed by atoms with van der Waals surface area (Å²) in [4.78, 5) is 16.4. The lowest BCUT2D eigenvalue weighted by Gasteiger charge is -2.05. The standard InChI is InChI=1S/C20H20N4O2/c1-26-20-9-8-16(12-21-20)14-4-2-13(3-5-14)10-19(25)22-18-11-17(23-24-18)15-6-7-15/h2-5,8-9,11-12,15H,6-7,10H2,1H3,(H2,22,23,24,25). The second kappa shape index (κ2) is 7.00. The summed E-state index contributed by atoms with van der Waals surface area (Å²) in [5.41, 5.74) is 4.11. The molecule has 26 heavy (non-hydrogen) atoms. The molecule has 1 aliphatic carbocycles. The van der Waals surface area contributed by atoms with Crippen LogP contribution in [0.25, 0.3) is 11.1 Å². The van der Waals surface area contributed by atoms with E-state index in [1.165, 1.54) is 12.8 Å². The van der Waals surface area contributed by atoms with Gasteiger partial charge in [-0.3, -0.25) is 9.89 Å². The van der Waals surface area contributed by atoms with E-state index in [-0.39, 0.29) is 5.91 Å². The molecule has 1 saturated carbocycles. The lowest BCUT2D eigenvalue weighted by Crippen LogP contribution is -2.14. The number of nitrogens with one attached hydrogen (secondary N) is 2. The Hall–Kier alpha value is -3.15. The molecule has 0 saturated heterocycles. The number of anilines is 1. The van der Waals surface area contributed by atoms with Gasteiger partial charge in [0.1, 0.15) is 0 Å². The minimum absolute atomic E-state index is 0.0716. The van der Waals surface area contributed by atoms with Gasteiger partial charge in [-0.05, 0) is 30.0 Å². The maximum atomic E-state index is 12.2. The number of H-pyrrole nitrogens is 1. The van der Waals surface area contributed by atoms with Crippen LogP contribution < -0.4 is 10.1 Å². The second-order valence-corrected chi connectivity index (χ2v) is 6.49. The zero-order valence-electron chi connectivity index (χ0n) is 14.5. The molecule has 2 aromatic heterocycles. The van der Waals surface area contributed by atoms with Crippen LogP contribution in [0, 0.1) is 0 Å². The molecule has 1 amide bonds. The van der Waals surface area contributed by atoms with Gasteiger partial charge < -0.3 is 10.1 Å². The molecular formula is C20H20N4O2. The summed E-state index contributed by atoms with van der Waals surface area (Å²) in [6, 6.07) is 13.6. The fraction of sp³-hybridized carbons (Fsp3) is 0.250. The van der Waals surface area contributed by atoms with Crippen molar-refractivity contribution in [2.75, 3.05) is 12.4 Å². The molecule has 0 atom stereocenters. The molecule has 0 bridgehead atoms. The molecule has 0 radical (unpaired) electrons. The Morgan fingerprint density at radius 2 is 1.96 bits per heavy atom. The number of nitrogens with zero attached hydrogens (tertiary/aromatic N) is 2. The number of aromatic amines is 1. The lowest BCUT2D eigenvalue weighted by atomic mass is 10.0. The van der Waals surface area contributed by atoms with E-state index in [1.54, 1.807) is 13.3 Å². The number of ether oxygens (including phenoxy) is 1. The predicted octanol–water partition coefficient (Wildman–Crippen LogP) is 3.54. The van der Waals surface area contributed by atoms with Gasteiger partial charge in [0.15, 0.2) is 5.82 Å². The Kier molecular flexibility index (Phi) is 4.39. The van der Waals surface area contributed by atoms with E-state index in [0.29, 0.717) is 24.0 Å². The van der Waals surface area contributed by atoms with Crippen molar-refractivity contribution in [1.82, 2.24) is 15.2 Å². The summed E-state index contributed by atoms with van der Waals surface area (Å²) >= 11 is 0. The number of methoxy groups -OCH3 is 1. The molecule has 132 valence electrons.